The van der Waals surface area contributed by atoms with Crippen molar-refractivity contribution in [2.45, 2.75) is 86.1 Å². The maximum absolute atomic E-state index is 6.26. The van der Waals surface area contributed by atoms with E-state index in [1.807, 2.05) is 19.1 Å². The summed E-state index contributed by atoms with van der Waals surface area (Å²) in [5.74, 6) is 2.84. The largest absolute Gasteiger partial charge is 0.338 e. The first kappa shape index (κ1) is 39.4. The Kier molecular flexibility index (Phi) is 15.0. The topological polar surface area (TPSA) is 32.9 Å². The molecule has 268 valence electrons. The van der Waals surface area contributed by atoms with E-state index in [1.165, 1.54) is 27.9 Å². The molecule has 0 saturated heterocycles. The molecular formula is C48H56N4. The van der Waals surface area contributed by atoms with Crippen molar-refractivity contribution in [3.8, 4) is 12.3 Å². The van der Waals surface area contributed by atoms with Crippen molar-refractivity contribution in [3.05, 3.63) is 156 Å². The number of fused-ring (bicyclic) bond motifs is 3. The molecule has 0 fully saturated rings. The number of aliphatic imine (C=N–C) groups is 2. The molecule has 2 aliphatic rings. The Hall–Kier alpha value is -5.40. The Morgan fingerprint density at radius 2 is 1.92 bits per heavy atom. The van der Waals surface area contributed by atoms with Crippen LogP contribution in [0.25, 0.3) is 22.7 Å². The van der Waals surface area contributed by atoms with Crippen LogP contribution in [-0.4, -0.2) is 27.9 Å². The van der Waals surface area contributed by atoms with Crippen LogP contribution in [0.1, 0.15) is 84.9 Å². The summed E-state index contributed by atoms with van der Waals surface area (Å²) in [4.78, 5) is 12.1. The zero-order chi connectivity index (χ0) is 37.5. The first-order chi connectivity index (χ1) is 25.3. The lowest BCUT2D eigenvalue weighted by molar-refractivity contribution is 0.382. The average Bonchev–Trinajstić information content (AvgIpc) is 3.48. The number of aromatic nitrogens is 1. The third kappa shape index (κ3) is 9.28. The Bertz CT molecular complexity index is 2000. The number of hydrogen-bond acceptors (Lipinski definition) is 3. The Morgan fingerprint density at radius 3 is 2.63 bits per heavy atom. The molecule has 2 unspecified atom stereocenters. The van der Waals surface area contributed by atoms with E-state index < -0.39 is 0 Å². The molecule has 2 heterocycles. The molecule has 4 nitrogen and oxygen atoms in total. The summed E-state index contributed by atoms with van der Waals surface area (Å²) in [6, 6.07) is 8.74. The number of aryl methyl sites for hydroxylation is 1. The summed E-state index contributed by atoms with van der Waals surface area (Å²) in [6.07, 6.45) is 43.6. The molecule has 0 amide bonds. The minimum atomic E-state index is -0.221. The van der Waals surface area contributed by atoms with Gasteiger partial charge in [-0.1, -0.05) is 104 Å². The molecule has 1 aromatic heterocycles. The molecule has 1 aliphatic heterocycles. The van der Waals surface area contributed by atoms with Gasteiger partial charge in [0.05, 0.1) is 23.3 Å². The quantitative estimate of drug-likeness (QED) is 0.0892. The fraction of sp³-hybridized carbons (Fsp3) is 0.292. The molecular weight excluding hydrogens is 633 g/mol. The molecule has 4 rings (SSSR count). The number of benzene rings is 1. The van der Waals surface area contributed by atoms with Crippen LogP contribution in [-0.2, 0) is 6.42 Å². The van der Waals surface area contributed by atoms with Crippen LogP contribution in [0.3, 0.4) is 0 Å². The van der Waals surface area contributed by atoms with Crippen molar-refractivity contribution in [1.82, 2.24) is 9.47 Å². The number of para-hydroxylation sites is 1. The van der Waals surface area contributed by atoms with Crippen molar-refractivity contribution in [2.24, 2.45) is 15.9 Å². The SMILES string of the molecule is C#CC(C)/C(=C(\C=C/C)C(=C/N=C)/N=C(\C)C/C(=C\C=C/C=C)N1C(/C=C\C)=C(/CC)C/C=C\C/C=C\C1C)n1c2c(c3ccccc31)CCC=C2. The maximum atomic E-state index is 6.26. The van der Waals surface area contributed by atoms with Crippen molar-refractivity contribution in [1.29, 1.82) is 0 Å². The molecule has 0 bridgehead atoms. The fourth-order valence-electron chi connectivity index (χ4n) is 7.12. The molecule has 0 spiro atoms. The Morgan fingerprint density at radius 1 is 1.12 bits per heavy atom. The predicted octanol–water partition coefficient (Wildman–Crippen LogP) is 12.5. The van der Waals surface area contributed by atoms with E-state index in [0.29, 0.717) is 12.1 Å². The minimum Gasteiger partial charge on any atom is -0.338 e. The van der Waals surface area contributed by atoms with Crippen LogP contribution in [0.4, 0.5) is 0 Å². The summed E-state index contributed by atoms with van der Waals surface area (Å²) in [5, 5.41) is 1.26. The minimum absolute atomic E-state index is 0.114. The lowest BCUT2D eigenvalue weighted by Gasteiger charge is -2.35. The molecule has 0 saturated carbocycles. The molecule has 1 aliphatic carbocycles. The zero-order valence-electron chi connectivity index (χ0n) is 32.1. The summed E-state index contributed by atoms with van der Waals surface area (Å²) < 4.78 is 2.35. The highest BCUT2D eigenvalue weighted by atomic mass is 15.2. The van der Waals surface area contributed by atoms with Gasteiger partial charge >= 0.3 is 0 Å². The second-order valence-electron chi connectivity index (χ2n) is 13.1. The fourth-order valence-corrected chi connectivity index (χ4v) is 7.12. The van der Waals surface area contributed by atoms with Crippen LogP contribution in [0.5, 0.6) is 0 Å². The lowest BCUT2D eigenvalue weighted by Crippen LogP contribution is -2.32. The molecule has 2 aromatic rings. The van der Waals surface area contributed by atoms with Gasteiger partial charge in [-0.25, -0.2) is 0 Å². The van der Waals surface area contributed by atoms with Gasteiger partial charge < -0.3 is 9.47 Å². The number of allylic oxidation sites excluding steroid dienone is 15. The summed E-state index contributed by atoms with van der Waals surface area (Å²) in [6.45, 7) is 20.6. The molecule has 52 heavy (non-hydrogen) atoms. The Balaban J connectivity index is 1.97. The van der Waals surface area contributed by atoms with Gasteiger partial charge in [0.25, 0.3) is 0 Å². The van der Waals surface area contributed by atoms with Gasteiger partial charge in [0.15, 0.2) is 0 Å². The average molecular weight is 689 g/mol. The van der Waals surface area contributed by atoms with E-state index in [1.54, 1.807) is 6.20 Å². The molecule has 4 heteroatoms. The summed E-state index contributed by atoms with van der Waals surface area (Å²) >= 11 is 0. The van der Waals surface area contributed by atoms with Gasteiger partial charge in [-0.3, -0.25) is 9.98 Å². The second-order valence-corrected chi connectivity index (χ2v) is 13.1. The number of nitrogens with zero attached hydrogens (tertiary/aromatic N) is 4. The van der Waals surface area contributed by atoms with Gasteiger partial charge in [0.2, 0.25) is 0 Å². The third-order valence-electron chi connectivity index (χ3n) is 9.45. The van der Waals surface area contributed by atoms with E-state index in [4.69, 9.17) is 11.4 Å². The summed E-state index contributed by atoms with van der Waals surface area (Å²) in [5.41, 5.74) is 11.0. The smallest absolute Gasteiger partial charge is 0.0901 e. The van der Waals surface area contributed by atoms with E-state index in [9.17, 15) is 0 Å². The van der Waals surface area contributed by atoms with Crippen molar-refractivity contribution < 1.29 is 0 Å². The van der Waals surface area contributed by atoms with Gasteiger partial charge in [0, 0.05) is 51.9 Å². The van der Waals surface area contributed by atoms with Crippen LogP contribution < -0.4 is 0 Å². The zero-order valence-corrected chi connectivity index (χ0v) is 32.1. The molecule has 1 aromatic carbocycles. The maximum Gasteiger partial charge on any atom is 0.0901 e. The standard InChI is InChI=1S/C48H56N4/c1-10-15-18-29-40(51-38(8)27-19-16-17-20-28-39(14-5)45(51)26-12-3)34-37(7)50-44(35-49-9)43(25-11-2)48(36(6)13-4)52-46-32-23-21-30-41(46)42-31-22-24-33-47(42)52/h4,10-12,15,17-21,23-27,29-30,32-33,35-36,38H,1,9,14,16,22,28,31,34H2,2-3,5-8H3/b18-15-,20-17-,25-11-,26-12-,27-19-,40-29+,44-35-,45-39-,48-43-,50-37+. The van der Waals surface area contributed by atoms with Crippen LogP contribution in [0.15, 0.2) is 154 Å². The second kappa shape index (κ2) is 19.8. The number of hydrogen-bond donors (Lipinski definition) is 0. The monoisotopic (exact) mass is 688 g/mol. The van der Waals surface area contributed by atoms with Gasteiger partial charge in [-0.15, -0.1) is 6.42 Å². The first-order valence-corrected chi connectivity index (χ1v) is 18.6. The van der Waals surface area contributed by atoms with Crippen LogP contribution in [0, 0.1) is 18.3 Å². The van der Waals surface area contributed by atoms with Gasteiger partial charge in [-0.2, -0.15) is 0 Å². The van der Waals surface area contributed by atoms with Gasteiger partial charge in [-0.05, 0) is 109 Å². The van der Waals surface area contributed by atoms with Gasteiger partial charge in [0.1, 0.15) is 0 Å². The number of terminal acetylenes is 1. The number of rotatable bonds is 13. The highest BCUT2D eigenvalue weighted by Crippen LogP contribution is 2.39. The van der Waals surface area contributed by atoms with Crippen molar-refractivity contribution in [3.63, 3.8) is 0 Å². The van der Waals surface area contributed by atoms with Crippen LogP contribution in [0.2, 0.25) is 0 Å². The normalized spacial score (nSPS) is 21.4. The molecule has 0 radical (unpaired) electrons. The predicted molar refractivity (Wildman–Crippen MR) is 229 cm³/mol. The van der Waals surface area contributed by atoms with E-state index in [0.717, 1.165) is 60.3 Å². The highest BCUT2D eigenvalue weighted by Gasteiger charge is 2.25. The molecule has 0 N–H and O–H groups in total. The van der Waals surface area contributed by atoms with Crippen molar-refractivity contribution >= 4 is 35.1 Å². The third-order valence-corrected chi connectivity index (χ3v) is 9.45. The lowest BCUT2D eigenvalue weighted by atomic mass is 9.98. The highest BCUT2D eigenvalue weighted by molar-refractivity contribution is 5.93. The summed E-state index contributed by atoms with van der Waals surface area (Å²) in [7, 11) is 0. The first-order valence-electron chi connectivity index (χ1n) is 18.6. The van der Waals surface area contributed by atoms with Crippen molar-refractivity contribution in [2.75, 3.05) is 0 Å². The van der Waals surface area contributed by atoms with E-state index in [-0.39, 0.29) is 12.0 Å². The molecule has 2 atom stereocenters. The van der Waals surface area contributed by atoms with E-state index >= 15 is 0 Å². The van der Waals surface area contributed by atoms with E-state index in [2.05, 4.69) is 165 Å². The Labute approximate surface area is 313 Å². The van der Waals surface area contributed by atoms with Crippen LogP contribution >= 0.6 is 0 Å².